The number of carbonyl (C=O) groups excluding carboxylic acids is 2. The van der Waals surface area contributed by atoms with E-state index in [1.807, 2.05) is 0 Å². The highest BCUT2D eigenvalue weighted by Gasteiger charge is 2.46. The Morgan fingerprint density at radius 2 is 1.50 bits per heavy atom. The molecule has 1 aliphatic rings. The lowest BCUT2D eigenvalue weighted by atomic mass is 10.0. The molecule has 0 amide bonds. The minimum atomic E-state index is -5.19. The van der Waals surface area contributed by atoms with Crippen molar-refractivity contribution in [3.05, 3.63) is 22.5 Å². The van der Waals surface area contributed by atoms with Crippen LogP contribution < -0.4 is 5.32 Å². The van der Waals surface area contributed by atoms with Crippen LogP contribution in [0.15, 0.2) is 0 Å². The van der Waals surface area contributed by atoms with Gasteiger partial charge in [-0.2, -0.15) is 13.2 Å². The first-order valence-corrected chi connectivity index (χ1v) is 7.83. The molecule has 6 nitrogen and oxygen atoms in total. The van der Waals surface area contributed by atoms with E-state index in [1.165, 1.54) is 0 Å². The zero-order valence-corrected chi connectivity index (χ0v) is 14.9. The second-order valence-electron chi connectivity index (χ2n) is 5.33. The van der Waals surface area contributed by atoms with Crippen molar-refractivity contribution < 1.29 is 36.6 Å². The number of alkyl halides is 6. The quantitative estimate of drug-likeness (QED) is 0.445. The van der Waals surface area contributed by atoms with Crippen LogP contribution in [0.2, 0.25) is 0 Å². The number of esters is 2. The van der Waals surface area contributed by atoms with Crippen LogP contribution >= 0.6 is 23.2 Å². The Balaban J connectivity index is 2.95. The highest BCUT2D eigenvalue weighted by atomic mass is 35.5. The monoisotopic (exact) mass is 418 g/mol. The first kappa shape index (κ1) is 20.5. The van der Waals surface area contributed by atoms with Gasteiger partial charge in [0.1, 0.15) is 16.8 Å². The third-order valence-corrected chi connectivity index (χ3v) is 3.80. The number of aromatic nitrogens is 1. The molecule has 1 aromatic heterocycles. The predicted molar refractivity (Wildman–Crippen MR) is 83.1 cm³/mol. The number of anilines is 1. The summed E-state index contributed by atoms with van der Waals surface area (Å²) >= 11 is 10.6. The van der Waals surface area contributed by atoms with Gasteiger partial charge in [-0.05, 0) is 12.8 Å². The molecule has 1 N–H and O–H groups in total. The predicted octanol–water partition coefficient (Wildman–Crippen LogP) is 3.81. The second-order valence-corrected chi connectivity index (χ2v) is 6.57. The highest BCUT2D eigenvalue weighted by Crippen LogP contribution is 2.45. The largest absolute Gasteiger partial charge is 0.465 e. The van der Waals surface area contributed by atoms with E-state index in [2.05, 4.69) is 19.8 Å². The van der Waals surface area contributed by atoms with E-state index in [9.17, 15) is 27.2 Å². The third-order valence-electron chi connectivity index (χ3n) is 3.44. The molecule has 0 atom stereocenters. The Bertz CT molecular complexity index is 694. The third kappa shape index (κ3) is 4.12. The van der Waals surface area contributed by atoms with Crippen LogP contribution in [0.3, 0.4) is 0 Å². The zero-order valence-electron chi connectivity index (χ0n) is 13.3. The molecule has 144 valence electrons. The standard InChI is InChI=1S/C14H12Cl2F4N2O4/c1-25-11(23)6-8(21-5-3-4-5)7(12(24)26-2)10(14(18,19)20)22-9(6)13(15,16)17/h5H,3-4H2,1-2H3,(H,21,22). The van der Waals surface area contributed by atoms with Gasteiger partial charge in [-0.25, -0.2) is 19.0 Å². The molecular weight excluding hydrogens is 407 g/mol. The smallest absolute Gasteiger partial charge is 0.434 e. The summed E-state index contributed by atoms with van der Waals surface area (Å²) in [5.41, 5.74) is -5.59. The van der Waals surface area contributed by atoms with Crippen molar-refractivity contribution >= 4 is 40.8 Å². The van der Waals surface area contributed by atoms with Gasteiger partial charge in [-0.15, -0.1) is 0 Å². The molecule has 1 aromatic rings. The van der Waals surface area contributed by atoms with Crippen molar-refractivity contribution in [3.63, 3.8) is 0 Å². The van der Waals surface area contributed by atoms with Crippen molar-refractivity contribution in [2.24, 2.45) is 0 Å². The highest BCUT2D eigenvalue weighted by molar-refractivity contribution is 6.47. The molecule has 1 saturated carbocycles. The fourth-order valence-corrected chi connectivity index (χ4v) is 2.45. The average molecular weight is 419 g/mol. The fourth-order valence-electron chi connectivity index (χ4n) is 2.17. The molecule has 0 saturated heterocycles. The number of carbonyl (C=O) groups is 2. The molecule has 0 bridgehead atoms. The number of methoxy groups -OCH3 is 2. The summed E-state index contributed by atoms with van der Waals surface area (Å²) in [6.45, 7) is 0. The molecule has 0 radical (unpaired) electrons. The van der Waals surface area contributed by atoms with Crippen LogP contribution in [0.4, 0.5) is 23.2 Å². The van der Waals surface area contributed by atoms with E-state index in [0.717, 1.165) is 14.2 Å². The summed E-state index contributed by atoms with van der Waals surface area (Å²) in [5.74, 6) is -2.71. The summed E-state index contributed by atoms with van der Waals surface area (Å²) in [6.07, 6.45) is -4.07. The zero-order chi connectivity index (χ0) is 19.9. The summed E-state index contributed by atoms with van der Waals surface area (Å²) in [5, 5.41) is 2.58. The van der Waals surface area contributed by atoms with E-state index in [-0.39, 0.29) is 6.04 Å². The van der Waals surface area contributed by atoms with Gasteiger partial charge in [0.05, 0.1) is 19.9 Å². The number of hydrogen-bond donors (Lipinski definition) is 1. The summed E-state index contributed by atoms with van der Waals surface area (Å²) in [4.78, 5) is 27.2. The van der Waals surface area contributed by atoms with Gasteiger partial charge in [0.2, 0.25) is 0 Å². The van der Waals surface area contributed by atoms with Crippen LogP contribution in [-0.4, -0.2) is 37.2 Å². The van der Waals surface area contributed by atoms with Crippen LogP contribution in [0.5, 0.6) is 0 Å². The van der Waals surface area contributed by atoms with E-state index < -0.39 is 50.9 Å². The Labute approximate surface area is 154 Å². The normalized spacial score (nSPS) is 14.8. The van der Waals surface area contributed by atoms with E-state index in [0.29, 0.717) is 12.8 Å². The molecule has 1 fully saturated rings. The summed E-state index contributed by atoms with van der Waals surface area (Å²) < 4.78 is 59.8. The van der Waals surface area contributed by atoms with Crippen molar-refractivity contribution in [2.75, 3.05) is 19.5 Å². The molecule has 0 spiro atoms. The summed E-state index contributed by atoms with van der Waals surface area (Å²) in [6, 6.07) is -0.335. The minimum Gasteiger partial charge on any atom is -0.465 e. The van der Waals surface area contributed by atoms with Crippen molar-refractivity contribution in [3.8, 4) is 0 Å². The number of pyridine rings is 1. The number of rotatable bonds is 5. The molecular formula is C14H12Cl2F4N2O4. The number of halogens is 6. The van der Waals surface area contributed by atoms with Gasteiger partial charge in [0.25, 0.3) is 0 Å². The van der Waals surface area contributed by atoms with Gasteiger partial charge < -0.3 is 14.8 Å². The maximum absolute atomic E-state index is 14.1. The lowest BCUT2D eigenvalue weighted by molar-refractivity contribution is -0.141. The topological polar surface area (TPSA) is 77.5 Å². The van der Waals surface area contributed by atoms with E-state index >= 15 is 0 Å². The molecule has 26 heavy (non-hydrogen) atoms. The Hall–Kier alpha value is -1.81. The first-order valence-electron chi connectivity index (χ1n) is 7.07. The Morgan fingerprint density at radius 3 is 1.85 bits per heavy atom. The van der Waals surface area contributed by atoms with E-state index in [1.54, 1.807) is 0 Å². The number of ether oxygens (including phenoxy) is 2. The maximum atomic E-state index is 14.1. The van der Waals surface area contributed by atoms with Crippen LogP contribution in [-0.2, 0) is 20.2 Å². The molecule has 0 unspecified atom stereocenters. The van der Waals surface area contributed by atoms with Crippen molar-refractivity contribution in [1.82, 2.24) is 4.98 Å². The molecule has 0 aliphatic heterocycles. The molecule has 1 aliphatic carbocycles. The molecule has 0 aromatic carbocycles. The van der Waals surface area contributed by atoms with Gasteiger partial charge in [0, 0.05) is 6.04 Å². The Kier molecular flexibility index (Phi) is 5.57. The number of hydrogen-bond acceptors (Lipinski definition) is 6. The molecule has 12 heteroatoms. The fraction of sp³-hybridized carbons (Fsp3) is 0.500. The minimum absolute atomic E-state index is 0.335. The SMILES string of the molecule is COC(=O)c1c(C(F)(F)F)nc(C(F)(Cl)Cl)c(C(=O)OC)c1NC1CC1. The Morgan fingerprint density at radius 1 is 1.04 bits per heavy atom. The van der Waals surface area contributed by atoms with Gasteiger partial charge in [0.15, 0.2) is 5.69 Å². The second kappa shape index (κ2) is 7.07. The summed E-state index contributed by atoms with van der Waals surface area (Å²) in [7, 11) is 1.75. The molecule has 2 rings (SSSR count). The average Bonchev–Trinajstić information content (AvgIpc) is 3.34. The van der Waals surface area contributed by atoms with Gasteiger partial charge in [-0.3, -0.25) is 0 Å². The van der Waals surface area contributed by atoms with Crippen molar-refractivity contribution in [2.45, 2.75) is 29.6 Å². The van der Waals surface area contributed by atoms with Crippen molar-refractivity contribution in [1.29, 1.82) is 0 Å². The van der Waals surface area contributed by atoms with Crippen LogP contribution in [0, 0.1) is 0 Å². The number of nitrogens with one attached hydrogen (secondary N) is 1. The van der Waals surface area contributed by atoms with Crippen LogP contribution in [0.25, 0.3) is 0 Å². The van der Waals surface area contributed by atoms with Crippen LogP contribution in [0.1, 0.15) is 44.9 Å². The number of nitrogens with zero attached hydrogens (tertiary/aromatic N) is 1. The lowest BCUT2D eigenvalue weighted by Crippen LogP contribution is -2.27. The maximum Gasteiger partial charge on any atom is 0.434 e. The van der Waals surface area contributed by atoms with Gasteiger partial charge in [-0.1, -0.05) is 23.2 Å². The lowest BCUT2D eigenvalue weighted by Gasteiger charge is -2.23. The molecule has 1 heterocycles. The van der Waals surface area contributed by atoms with Gasteiger partial charge >= 0.3 is 22.7 Å². The van der Waals surface area contributed by atoms with E-state index in [4.69, 9.17) is 23.2 Å². The first-order chi connectivity index (χ1) is 11.9.